The minimum atomic E-state index is -0.281. The highest BCUT2D eigenvalue weighted by Gasteiger charge is 2.20. The Bertz CT molecular complexity index is 839. The number of carbonyl (C=O) groups excluding carboxylic acids is 2. The Morgan fingerprint density at radius 1 is 1.00 bits per heavy atom. The Morgan fingerprint density at radius 3 is 2.46 bits per heavy atom. The van der Waals surface area contributed by atoms with Crippen molar-refractivity contribution < 1.29 is 14.3 Å². The Labute approximate surface area is 166 Å². The summed E-state index contributed by atoms with van der Waals surface area (Å²) in [6.07, 6.45) is 4.39. The van der Waals surface area contributed by atoms with Crippen molar-refractivity contribution in [1.82, 2.24) is 4.90 Å². The number of ether oxygens (including phenoxy) is 1. The van der Waals surface area contributed by atoms with E-state index in [9.17, 15) is 9.59 Å². The predicted molar refractivity (Wildman–Crippen MR) is 111 cm³/mol. The van der Waals surface area contributed by atoms with Gasteiger partial charge < -0.3 is 15.0 Å². The number of hydrogen-bond acceptors (Lipinski definition) is 3. The van der Waals surface area contributed by atoms with Crippen molar-refractivity contribution in [2.75, 3.05) is 25.0 Å². The number of para-hydroxylation sites is 1. The highest BCUT2D eigenvalue weighted by atomic mass is 16.5. The molecule has 5 heteroatoms. The van der Waals surface area contributed by atoms with Crippen LogP contribution in [0.25, 0.3) is 0 Å². The van der Waals surface area contributed by atoms with E-state index in [2.05, 4.69) is 5.32 Å². The number of nitrogens with one attached hydrogen (secondary N) is 1. The summed E-state index contributed by atoms with van der Waals surface area (Å²) >= 11 is 0. The van der Waals surface area contributed by atoms with E-state index in [1.165, 1.54) is 0 Å². The molecule has 3 rings (SSSR count). The fraction of sp³-hybridized carbons (Fsp3) is 0.391. The van der Waals surface area contributed by atoms with Crippen LogP contribution in [-0.2, 0) is 4.79 Å². The number of rotatable bonds is 5. The lowest BCUT2D eigenvalue weighted by Gasteiger charge is -2.22. The summed E-state index contributed by atoms with van der Waals surface area (Å²) < 4.78 is 5.68. The van der Waals surface area contributed by atoms with Gasteiger partial charge in [0.15, 0.2) is 6.61 Å². The van der Waals surface area contributed by atoms with Gasteiger partial charge >= 0.3 is 0 Å². The molecule has 148 valence electrons. The number of benzene rings is 2. The Hall–Kier alpha value is -2.82. The first kappa shape index (κ1) is 19.9. The number of hydrogen-bond donors (Lipinski definition) is 1. The zero-order chi connectivity index (χ0) is 19.9. The van der Waals surface area contributed by atoms with Gasteiger partial charge in [0.25, 0.3) is 11.8 Å². The van der Waals surface area contributed by atoms with Crippen molar-refractivity contribution in [1.29, 1.82) is 0 Å². The average Bonchev–Trinajstić information content (AvgIpc) is 2.98. The van der Waals surface area contributed by atoms with Crippen molar-refractivity contribution in [3.8, 4) is 5.75 Å². The van der Waals surface area contributed by atoms with Crippen LogP contribution < -0.4 is 10.1 Å². The van der Waals surface area contributed by atoms with E-state index in [0.717, 1.165) is 49.9 Å². The number of nitrogens with zero attached hydrogens (tertiary/aromatic N) is 1. The summed E-state index contributed by atoms with van der Waals surface area (Å²) in [6.45, 7) is 5.38. The van der Waals surface area contributed by atoms with Gasteiger partial charge in [0.05, 0.1) is 11.3 Å². The van der Waals surface area contributed by atoms with Crippen LogP contribution in [0.4, 0.5) is 5.69 Å². The fourth-order valence-electron chi connectivity index (χ4n) is 3.42. The van der Waals surface area contributed by atoms with Crippen molar-refractivity contribution in [2.24, 2.45) is 0 Å². The third kappa shape index (κ3) is 5.12. The quantitative estimate of drug-likeness (QED) is 0.840. The first-order chi connectivity index (χ1) is 13.5. The molecule has 0 saturated carbocycles. The number of amides is 2. The van der Waals surface area contributed by atoms with Gasteiger partial charge in [-0.1, -0.05) is 37.1 Å². The maximum absolute atomic E-state index is 13.0. The van der Waals surface area contributed by atoms with Crippen molar-refractivity contribution in [3.63, 3.8) is 0 Å². The third-order valence-corrected chi connectivity index (χ3v) is 5.03. The van der Waals surface area contributed by atoms with Crippen LogP contribution in [0.1, 0.15) is 47.2 Å². The van der Waals surface area contributed by atoms with E-state index in [-0.39, 0.29) is 18.4 Å². The summed E-state index contributed by atoms with van der Waals surface area (Å²) in [6, 6.07) is 13.1. The Kier molecular flexibility index (Phi) is 6.69. The number of aryl methyl sites for hydroxylation is 2. The predicted octanol–water partition coefficient (Wildman–Crippen LogP) is 4.34. The summed E-state index contributed by atoms with van der Waals surface area (Å²) in [5, 5.41) is 2.84. The monoisotopic (exact) mass is 380 g/mol. The van der Waals surface area contributed by atoms with Crippen LogP contribution in [0.15, 0.2) is 42.5 Å². The zero-order valence-electron chi connectivity index (χ0n) is 16.7. The number of anilines is 1. The topological polar surface area (TPSA) is 58.6 Å². The molecule has 28 heavy (non-hydrogen) atoms. The molecule has 0 aliphatic carbocycles. The summed E-state index contributed by atoms with van der Waals surface area (Å²) in [7, 11) is 0. The highest BCUT2D eigenvalue weighted by Crippen LogP contribution is 2.21. The van der Waals surface area contributed by atoms with Gasteiger partial charge in [0.1, 0.15) is 5.75 Å². The van der Waals surface area contributed by atoms with Crippen LogP contribution in [0.2, 0.25) is 0 Å². The van der Waals surface area contributed by atoms with Gasteiger partial charge in [0, 0.05) is 13.1 Å². The molecule has 1 fully saturated rings. The van der Waals surface area contributed by atoms with Crippen LogP contribution in [0, 0.1) is 13.8 Å². The molecular weight excluding hydrogens is 352 g/mol. The third-order valence-electron chi connectivity index (χ3n) is 5.03. The van der Waals surface area contributed by atoms with Crippen LogP contribution >= 0.6 is 0 Å². The van der Waals surface area contributed by atoms with Gasteiger partial charge in [-0.2, -0.15) is 0 Å². The average molecular weight is 380 g/mol. The second kappa shape index (κ2) is 9.40. The molecule has 0 bridgehead atoms. The van der Waals surface area contributed by atoms with Crippen molar-refractivity contribution in [2.45, 2.75) is 39.5 Å². The van der Waals surface area contributed by atoms with E-state index in [1.54, 1.807) is 12.1 Å². The molecule has 0 radical (unpaired) electrons. The molecule has 2 amide bonds. The lowest BCUT2D eigenvalue weighted by molar-refractivity contribution is -0.118. The fourth-order valence-corrected chi connectivity index (χ4v) is 3.42. The first-order valence-electron chi connectivity index (χ1n) is 9.93. The Morgan fingerprint density at radius 2 is 1.71 bits per heavy atom. The largest absolute Gasteiger partial charge is 0.483 e. The molecule has 5 nitrogen and oxygen atoms in total. The summed E-state index contributed by atoms with van der Waals surface area (Å²) in [5.41, 5.74) is 3.13. The standard InChI is InChI=1S/C23H28N2O3/c1-17-11-12-18(2)21(15-17)28-16-22(26)24-20-10-6-5-9-19(20)23(27)25-13-7-3-4-8-14-25/h5-6,9-12,15H,3-4,7-8,13-14,16H2,1-2H3,(H,24,26). The first-order valence-corrected chi connectivity index (χ1v) is 9.93. The van der Waals surface area contributed by atoms with Gasteiger partial charge in [-0.05, 0) is 56.0 Å². The summed E-state index contributed by atoms with van der Waals surface area (Å²) in [4.78, 5) is 27.3. The molecule has 1 saturated heterocycles. The second-order valence-electron chi connectivity index (χ2n) is 7.36. The van der Waals surface area contributed by atoms with E-state index in [1.807, 2.05) is 49.1 Å². The molecule has 1 aliphatic rings. The molecule has 1 aliphatic heterocycles. The van der Waals surface area contributed by atoms with E-state index >= 15 is 0 Å². The SMILES string of the molecule is Cc1ccc(C)c(OCC(=O)Nc2ccccc2C(=O)N2CCCCCC2)c1. The van der Waals surface area contributed by atoms with Crippen molar-refractivity contribution in [3.05, 3.63) is 59.2 Å². The van der Waals surface area contributed by atoms with Gasteiger partial charge in [-0.3, -0.25) is 9.59 Å². The lowest BCUT2D eigenvalue weighted by atomic mass is 10.1. The molecule has 1 heterocycles. The maximum atomic E-state index is 13.0. The van der Waals surface area contributed by atoms with E-state index in [4.69, 9.17) is 4.74 Å². The molecule has 2 aromatic carbocycles. The molecular formula is C23H28N2O3. The molecule has 0 aromatic heterocycles. The van der Waals surface area contributed by atoms with E-state index in [0.29, 0.717) is 17.0 Å². The van der Waals surface area contributed by atoms with Crippen LogP contribution in [0.5, 0.6) is 5.75 Å². The van der Waals surface area contributed by atoms with Gasteiger partial charge in [-0.15, -0.1) is 0 Å². The van der Waals surface area contributed by atoms with Crippen LogP contribution in [0.3, 0.4) is 0 Å². The molecule has 2 aromatic rings. The lowest BCUT2D eigenvalue weighted by Crippen LogP contribution is -2.33. The maximum Gasteiger partial charge on any atom is 0.262 e. The Balaban J connectivity index is 1.66. The number of carbonyl (C=O) groups is 2. The van der Waals surface area contributed by atoms with Gasteiger partial charge in [-0.25, -0.2) is 0 Å². The highest BCUT2D eigenvalue weighted by molar-refractivity contribution is 6.04. The van der Waals surface area contributed by atoms with Crippen molar-refractivity contribution >= 4 is 17.5 Å². The smallest absolute Gasteiger partial charge is 0.262 e. The zero-order valence-corrected chi connectivity index (χ0v) is 16.7. The van der Waals surface area contributed by atoms with Gasteiger partial charge in [0.2, 0.25) is 0 Å². The summed E-state index contributed by atoms with van der Waals surface area (Å²) in [5.74, 6) is 0.398. The molecule has 0 spiro atoms. The molecule has 1 N–H and O–H groups in total. The minimum Gasteiger partial charge on any atom is -0.483 e. The molecule has 0 atom stereocenters. The number of likely N-dealkylation sites (tertiary alicyclic amines) is 1. The molecule has 0 unspecified atom stereocenters. The normalized spacial score (nSPS) is 14.3. The van der Waals surface area contributed by atoms with Crippen LogP contribution in [-0.4, -0.2) is 36.4 Å². The second-order valence-corrected chi connectivity index (χ2v) is 7.36. The minimum absolute atomic E-state index is 0.0201. The van der Waals surface area contributed by atoms with E-state index < -0.39 is 0 Å².